The SMILES string of the molecule is c1ccc(-c2ccc3c(c2)oc2c(-c4ccccc4)ccc(N(c4ccc(-c5ccc6cccc(-c7ccccc7)c6c5)cc4)c4cccc5sc6cc(-c7ccccc7)ccc6c45)c23)cc1. The summed E-state index contributed by atoms with van der Waals surface area (Å²) in [6, 6.07) is 90.0. The molecule has 0 unspecified atom stereocenters. The van der Waals surface area contributed by atoms with E-state index in [1.54, 1.807) is 0 Å². The number of thiophene rings is 1. The van der Waals surface area contributed by atoms with Crippen molar-refractivity contribution in [2.24, 2.45) is 0 Å². The minimum Gasteiger partial charge on any atom is -0.455 e. The molecule has 11 aromatic carbocycles. The van der Waals surface area contributed by atoms with Crippen LogP contribution in [0.2, 0.25) is 0 Å². The summed E-state index contributed by atoms with van der Waals surface area (Å²) in [4.78, 5) is 2.47. The molecule has 0 atom stereocenters. The van der Waals surface area contributed by atoms with Crippen molar-refractivity contribution in [3.63, 3.8) is 0 Å². The average molecular weight is 872 g/mol. The number of anilines is 3. The van der Waals surface area contributed by atoms with Gasteiger partial charge in [0.15, 0.2) is 0 Å². The lowest BCUT2D eigenvalue weighted by Crippen LogP contribution is -2.11. The molecule has 13 rings (SSSR count). The number of nitrogens with zero attached hydrogens (tertiary/aromatic N) is 1. The Balaban J connectivity index is 1.04. The molecule has 0 fully saturated rings. The highest BCUT2D eigenvalue weighted by Gasteiger charge is 2.25. The van der Waals surface area contributed by atoms with Crippen molar-refractivity contribution in [3.8, 4) is 55.6 Å². The van der Waals surface area contributed by atoms with Gasteiger partial charge < -0.3 is 9.32 Å². The minimum absolute atomic E-state index is 0.857. The van der Waals surface area contributed by atoms with Crippen LogP contribution in [-0.4, -0.2) is 0 Å². The Morgan fingerprint density at radius 1 is 0.313 bits per heavy atom. The monoisotopic (exact) mass is 871 g/mol. The predicted molar refractivity (Wildman–Crippen MR) is 286 cm³/mol. The molecule has 0 amide bonds. The van der Waals surface area contributed by atoms with E-state index in [9.17, 15) is 0 Å². The van der Waals surface area contributed by atoms with Gasteiger partial charge in [0.1, 0.15) is 11.2 Å². The second-order valence-electron chi connectivity index (χ2n) is 17.2. The highest BCUT2D eigenvalue weighted by molar-refractivity contribution is 7.26. The Kier molecular flexibility index (Phi) is 9.40. The standard InChI is InChI=1S/C64H41NOS/c1-5-15-42(16-6-1)49-31-35-54-59(40-49)66-64-53(46-21-11-4-12-22-46)37-38-58(63(54)64)65(57-25-14-26-60-62(57)55-36-32-50(41-61(55)67-60)43-17-7-2-8-18-43)51-33-29-44(30-34-51)48-28-27-47-23-13-24-52(56(47)39-48)45-19-9-3-10-20-45/h1-41H. The molecule has 3 heteroatoms. The Morgan fingerprint density at radius 3 is 1.57 bits per heavy atom. The van der Waals surface area contributed by atoms with Crippen LogP contribution in [0.4, 0.5) is 17.1 Å². The van der Waals surface area contributed by atoms with Crippen LogP contribution in [0, 0.1) is 0 Å². The molecular formula is C64H41NOS. The molecule has 2 heterocycles. The van der Waals surface area contributed by atoms with E-state index < -0.39 is 0 Å². The first-order valence-corrected chi connectivity index (χ1v) is 23.6. The zero-order chi connectivity index (χ0) is 44.3. The Morgan fingerprint density at radius 2 is 0.866 bits per heavy atom. The molecule has 0 aliphatic carbocycles. The summed E-state index contributed by atoms with van der Waals surface area (Å²) in [5.74, 6) is 0. The van der Waals surface area contributed by atoms with Crippen molar-refractivity contribution in [2.75, 3.05) is 4.90 Å². The number of fused-ring (bicyclic) bond motifs is 7. The van der Waals surface area contributed by atoms with Crippen LogP contribution in [0.1, 0.15) is 0 Å². The molecule has 0 N–H and O–H groups in total. The third-order valence-corrected chi connectivity index (χ3v) is 14.4. The summed E-state index contributed by atoms with van der Waals surface area (Å²) in [6.45, 7) is 0. The lowest BCUT2D eigenvalue weighted by atomic mass is 9.94. The summed E-state index contributed by atoms with van der Waals surface area (Å²) < 4.78 is 9.59. The van der Waals surface area contributed by atoms with Crippen molar-refractivity contribution in [2.45, 2.75) is 0 Å². The Hall–Kier alpha value is -8.50. The van der Waals surface area contributed by atoms with Gasteiger partial charge in [0.25, 0.3) is 0 Å². The molecule has 0 aliphatic heterocycles. The number of furan rings is 1. The van der Waals surface area contributed by atoms with Crippen LogP contribution in [0.5, 0.6) is 0 Å². The zero-order valence-corrected chi connectivity index (χ0v) is 37.3. The van der Waals surface area contributed by atoms with Gasteiger partial charge in [0.05, 0.1) is 16.8 Å². The lowest BCUT2D eigenvalue weighted by Gasteiger charge is -2.28. The molecule has 0 spiro atoms. The lowest BCUT2D eigenvalue weighted by molar-refractivity contribution is 0.670. The number of hydrogen-bond acceptors (Lipinski definition) is 3. The molecule has 13 aromatic rings. The molecule has 0 saturated heterocycles. The average Bonchev–Trinajstić information content (AvgIpc) is 3.98. The molecule has 2 nitrogen and oxygen atoms in total. The van der Waals surface area contributed by atoms with E-state index in [4.69, 9.17) is 4.42 Å². The van der Waals surface area contributed by atoms with Gasteiger partial charge >= 0.3 is 0 Å². The third kappa shape index (κ3) is 6.79. The van der Waals surface area contributed by atoms with Gasteiger partial charge in [-0.15, -0.1) is 11.3 Å². The van der Waals surface area contributed by atoms with Gasteiger partial charge in [-0.3, -0.25) is 0 Å². The van der Waals surface area contributed by atoms with E-state index in [2.05, 4.69) is 254 Å². The van der Waals surface area contributed by atoms with E-state index in [1.807, 2.05) is 11.3 Å². The van der Waals surface area contributed by atoms with E-state index in [0.717, 1.165) is 66.8 Å². The number of benzene rings is 11. The smallest absolute Gasteiger partial charge is 0.145 e. The van der Waals surface area contributed by atoms with Crippen LogP contribution in [-0.2, 0) is 0 Å². The summed E-state index contributed by atoms with van der Waals surface area (Å²) >= 11 is 1.85. The van der Waals surface area contributed by atoms with E-state index in [1.165, 1.54) is 58.8 Å². The highest BCUT2D eigenvalue weighted by atomic mass is 32.1. The van der Waals surface area contributed by atoms with Crippen LogP contribution in [0.3, 0.4) is 0 Å². The maximum Gasteiger partial charge on any atom is 0.145 e. The van der Waals surface area contributed by atoms with Gasteiger partial charge in [-0.1, -0.05) is 188 Å². The minimum atomic E-state index is 0.857. The van der Waals surface area contributed by atoms with Crippen molar-refractivity contribution in [3.05, 3.63) is 249 Å². The molecule has 0 saturated carbocycles. The summed E-state index contributed by atoms with van der Waals surface area (Å²) in [7, 11) is 0. The van der Waals surface area contributed by atoms with Crippen molar-refractivity contribution < 1.29 is 4.42 Å². The maximum atomic E-state index is 7.09. The first-order chi connectivity index (χ1) is 33.2. The van der Waals surface area contributed by atoms with Crippen LogP contribution in [0.15, 0.2) is 253 Å². The van der Waals surface area contributed by atoms with Crippen molar-refractivity contribution in [1.29, 1.82) is 0 Å². The van der Waals surface area contributed by atoms with Crippen LogP contribution in [0.25, 0.3) is 109 Å². The summed E-state index contributed by atoms with van der Waals surface area (Å²) in [5.41, 5.74) is 16.6. The molecule has 0 radical (unpaired) electrons. The fourth-order valence-corrected chi connectivity index (χ4v) is 11.2. The first-order valence-electron chi connectivity index (χ1n) is 22.8. The Labute approximate surface area is 392 Å². The fraction of sp³-hybridized carbons (Fsp3) is 0. The maximum absolute atomic E-state index is 7.09. The molecule has 2 aromatic heterocycles. The van der Waals surface area contributed by atoms with Gasteiger partial charge in [-0.05, 0) is 122 Å². The van der Waals surface area contributed by atoms with Crippen LogP contribution < -0.4 is 4.90 Å². The quantitative estimate of drug-likeness (QED) is 0.151. The fourth-order valence-electron chi connectivity index (χ4n) is 10.0. The van der Waals surface area contributed by atoms with Gasteiger partial charge in [-0.25, -0.2) is 0 Å². The van der Waals surface area contributed by atoms with Gasteiger partial charge in [0.2, 0.25) is 0 Å². The first kappa shape index (κ1) is 38.9. The second-order valence-corrected chi connectivity index (χ2v) is 18.3. The predicted octanol–water partition coefficient (Wildman–Crippen LogP) is 18.9. The third-order valence-electron chi connectivity index (χ3n) is 13.3. The molecule has 67 heavy (non-hydrogen) atoms. The topological polar surface area (TPSA) is 16.4 Å². The number of rotatable bonds is 8. The van der Waals surface area contributed by atoms with E-state index in [-0.39, 0.29) is 0 Å². The molecular weight excluding hydrogens is 831 g/mol. The highest BCUT2D eigenvalue weighted by Crippen LogP contribution is 2.50. The van der Waals surface area contributed by atoms with Gasteiger partial charge in [0, 0.05) is 36.8 Å². The van der Waals surface area contributed by atoms with Crippen LogP contribution >= 0.6 is 11.3 Å². The van der Waals surface area contributed by atoms with Crippen molar-refractivity contribution in [1.82, 2.24) is 0 Å². The summed E-state index contributed by atoms with van der Waals surface area (Å²) in [5, 5.41) is 7.09. The second kappa shape index (κ2) is 16.2. The Bertz CT molecular complexity index is 3950. The zero-order valence-electron chi connectivity index (χ0n) is 36.4. The molecule has 0 bridgehead atoms. The molecule has 0 aliphatic rings. The van der Waals surface area contributed by atoms with Crippen molar-refractivity contribution >= 4 is 81.3 Å². The molecule has 314 valence electrons. The summed E-state index contributed by atoms with van der Waals surface area (Å²) in [6.07, 6.45) is 0. The van der Waals surface area contributed by atoms with E-state index in [0.29, 0.717) is 0 Å². The van der Waals surface area contributed by atoms with E-state index >= 15 is 0 Å². The largest absolute Gasteiger partial charge is 0.455 e. The normalized spacial score (nSPS) is 11.6. The van der Waals surface area contributed by atoms with Gasteiger partial charge in [-0.2, -0.15) is 0 Å². The number of hydrogen-bond donors (Lipinski definition) is 0.